The molecule has 2 nitrogen and oxygen atoms in total. The maximum atomic E-state index is 2.61. The Morgan fingerprint density at radius 1 is 0.292 bits per heavy atom. The molecule has 48 heavy (non-hydrogen) atoms. The van der Waals surface area contributed by atoms with Crippen LogP contribution < -0.4 is 0 Å². The number of rotatable bonds is 0. The van der Waals surface area contributed by atoms with Crippen LogP contribution >= 0.6 is 0 Å². The van der Waals surface area contributed by atoms with Gasteiger partial charge in [-0.1, -0.05) is 83.1 Å². The fraction of sp³-hybridized carbons (Fsp3) is 0.833. The molecule has 0 aromatic carbocycles. The van der Waals surface area contributed by atoms with Crippen LogP contribution in [0.4, 0.5) is 0 Å². The minimum atomic E-state index is 0. The van der Waals surface area contributed by atoms with E-state index in [1.807, 2.05) is 69.2 Å². The van der Waals surface area contributed by atoms with Crippen molar-refractivity contribution in [3.63, 3.8) is 0 Å². The first kappa shape index (κ1) is 159. The van der Waals surface area contributed by atoms with Crippen LogP contribution in [-0.2, 0) is 491 Å². The van der Waals surface area contributed by atoms with E-state index >= 15 is 0 Å². The molecule has 1 unspecified atom stereocenters. The average molecular weight is 1810 g/mol. The molecule has 0 aromatic heterocycles. The maximum Gasteiger partial charge on any atom is 0.156 e. The van der Waals surface area contributed by atoms with Crippen molar-refractivity contribution in [3.8, 4) is 0 Å². The Labute approximate surface area is 690 Å². The largest absolute Gasteiger partial charge is 0.358 e. The van der Waals surface area contributed by atoms with Gasteiger partial charge in [-0.3, -0.25) is 0 Å². The van der Waals surface area contributed by atoms with E-state index in [1.54, 1.807) is 0 Å². The van der Waals surface area contributed by atoms with Gasteiger partial charge in [0.05, 0.1) is 0 Å². The van der Waals surface area contributed by atoms with Gasteiger partial charge in [0.1, 0.15) is 0 Å². The first-order chi connectivity index (χ1) is 13.3. The number of hydrogen-bond donors (Lipinski definition) is 0. The first-order valence-corrected chi connectivity index (χ1v) is 12.7. The predicted octanol–water partition coefficient (Wildman–Crippen LogP) is 10.4. The zero-order valence-corrected chi connectivity index (χ0v) is 79.7. The number of fused-ring (bicyclic) bond motifs is 1. The van der Waals surface area contributed by atoms with Gasteiger partial charge in [-0.15, -0.1) is 0 Å². The summed E-state index contributed by atoms with van der Waals surface area (Å²) in [5.41, 5.74) is 0. The fourth-order valence-corrected chi connectivity index (χ4v) is 4.90. The van der Waals surface area contributed by atoms with Crippen molar-refractivity contribution in [1.29, 1.82) is 0 Å². The van der Waals surface area contributed by atoms with E-state index < -0.39 is 0 Å². The zero-order valence-electron chi connectivity index (χ0n) is 37.2. The van der Waals surface area contributed by atoms with Gasteiger partial charge in [-0.2, -0.15) is 0 Å². The van der Waals surface area contributed by atoms with Crippen molar-refractivity contribution in [2.24, 2.45) is 0 Å². The SMILES string of the molecule is CC.CC.CC.CC.CC.C[C@@H]1B2C([C@@H](C)N(C)[C@@H](C)[C@H]2C)[C@H](C)N(C)[C@@H]1C.[CH3-].[CH3-].[CH3-].[CH3-].[CH3-].[Y].[Y].[Y].[Y].[Y].[Y].[Y].[Y].[Y].[Y].[Y].[Y].[Y].[Y].[Y]. The maximum absolute atomic E-state index is 2.61. The molecule has 0 bridgehead atoms. The summed E-state index contributed by atoms with van der Waals surface area (Å²) in [7, 11) is 4.63. The minimum absolute atomic E-state index is 0. The third-order valence-corrected chi connectivity index (χ3v) is 6.86. The molecule has 18 heteroatoms. The average Bonchev–Trinajstić information content (AvgIpc) is 2.78. The van der Waals surface area contributed by atoms with Gasteiger partial charge >= 0.3 is 0 Å². The van der Waals surface area contributed by atoms with Crippen molar-refractivity contribution in [2.45, 2.75) is 152 Å². The number of hydrogen-bond acceptors (Lipinski definition) is 2. The second-order valence-electron chi connectivity index (χ2n) is 7.17. The van der Waals surface area contributed by atoms with Gasteiger partial charge in [0.2, 0.25) is 0 Å². The smallest absolute Gasteiger partial charge is 0.156 e. The van der Waals surface area contributed by atoms with Gasteiger partial charge in [-0.25, -0.2) is 0 Å². The Hall–Kier alpha value is 16.5. The molecule has 0 spiro atoms. The quantitative estimate of drug-likeness (QED) is 0.176. The Balaban J connectivity index is -0.00000000809. The summed E-state index contributed by atoms with van der Waals surface area (Å²) in [6, 6.07) is 2.83. The van der Waals surface area contributed by atoms with Crippen molar-refractivity contribution in [1.82, 2.24) is 9.80 Å². The molecule has 259 valence electrons. The molecule has 2 aliphatic rings. The van der Waals surface area contributed by atoms with E-state index in [1.165, 1.54) is 0 Å². The molecule has 2 fully saturated rings. The second kappa shape index (κ2) is 115. The standard InChI is InChI=1S/C15H31BN2.5C2H6.5CH3.15Y/c1-9-11(3)17(7)13(5)15-14(6)18(8)12(4)10(2)16(9)15;5*1-2;;;;;;;;;;;;;;;;;;;;/h9-15H,1-8H3;5*1-2H3;5*1H3;;;;;;;;;;;;;;;/q;;;;;;5*-1;;;;;;;;;;;;;;;/t9-,10+,11+,12-,13-,14+,15?;;;;;;;;;;;;;;;;;;;;;;;;;. The van der Waals surface area contributed by atoms with Gasteiger partial charge in [0.25, 0.3) is 0 Å². The van der Waals surface area contributed by atoms with Crippen molar-refractivity contribution >= 4 is 6.71 Å². The third kappa shape index (κ3) is 64.6. The summed E-state index contributed by atoms with van der Waals surface area (Å²) in [5, 5.41) is 0. The normalized spacial score (nSPS) is 19.9. The molecule has 2 aliphatic heterocycles. The van der Waals surface area contributed by atoms with Crippen molar-refractivity contribution in [2.75, 3.05) is 14.1 Å². The van der Waals surface area contributed by atoms with Gasteiger partial charge in [0.15, 0.2) is 6.71 Å². The Kier molecular flexibility index (Phi) is 379. The van der Waals surface area contributed by atoms with Crippen LogP contribution in [-0.4, -0.2) is 54.8 Å². The van der Waals surface area contributed by atoms with E-state index in [2.05, 4.69) is 65.4 Å². The van der Waals surface area contributed by atoms with Crippen LogP contribution in [0, 0.1) is 37.1 Å². The fourth-order valence-electron chi connectivity index (χ4n) is 4.90. The van der Waals surface area contributed by atoms with E-state index in [4.69, 9.17) is 0 Å². The van der Waals surface area contributed by atoms with Gasteiger partial charge < -0.3 is 46.9 Å². The van der Waals surface area contributed by atoms with E-state index in [0.717, 1.165) is 24.2 Å². The van der Waals surface area contributed by atoms with Crippen LogP contribution in [0.3, 0.4) is 0 Å². The molecule has 0 aromatic rings. The zero-order chi connectivity index (χ0) is 23.8. The van der Waals surface area contributed by atoms with Crippen LogP contribution in [0.5, 0.6) is 0 Å². The Bertz CT molecular complexity index is 297. The molecular weight excluding hydrogens is 1730 g/mol. The second-order valence-corrected chi connectivity index (χ2v) is 7.17. The molecular formula is C30H76BN2Y15-5. The molecule has 2 rings (SSSR count). The number of nitrogens with zero attached hydrogens (tertiary/aromatic N) is 2. The third-order valence-electron chi connectivity index (χ3n) is 6.86. The topological polar surface area (TPSA) is 6.48 Å². The summed E-state index contributed by atoms with van der Waals surface area (Å²) in [6.07, 6.45) is 0. The summed E-state index contributed by atoms with van der Waals surface area (Å²) in [5.74, 6) is 2.44. The van der Waals surface area contributed by atoms with Crippen molar-refractivity contribution < 1.29 is 491 Å². The molecule has 0 amide bonds. The molecule has 0 N–H and O–H groups in total. The molecule has 2 saturated heterocycles. The summed E-state index contributed by atoms with van der Waals surface area (Å²) < 4.78 is 0. The summed E-state index contributed by atoms with van der Waals surface area (Å²) in [4.78, 5) is 5.22. The van der Waals surface area contributed by atoms with E-state index in [-0.39, 0.29) is 528 Å². The summed E-state index contributed by atoms with van der Waals surface area (Å²) >= 11 is 0. The molecule has 2 heterocycles. The van der Waals surface area contributed by atoms with Crippen LogP contribution in [0.15, 0.2) is 0 Å². The molecule has 0 saturated carbocycles. The molecule has 0 aliphatic carbocycles. The predicted molar refractivity (Wildman–Crippen MR) is 171 cm³/mol. The van der Waals surface area contributed by atoms with E-state index in [9.17, 15) is 0 Å². The minimum Gasteiger partial charge on any atom is -0.358 e. The molecule has 15 radical (unpaired) electrons. The first-order valence-electron chi connectivity index (χ1n) is 12.7. The summed E-state index contributed by atoms with van der Waals surface area (Å²) in [6.45, 7) is 35.5. The van der Waals surface area contributed by atoms with E-state index in [0.29, 0.717) is 24.2 Å². The molecule has 7 atom stereocenters. The van der Waals surface area contributed by atoms with Crippen LogP contribution in [0.1, 0.15) is 111 Å². The van der Waals surface area contributed by atoms with Gasteiger partial charge in [-0.05, 0) is 59.2 Å². The Morgan fingerprint density at radius 2 is 0.417 bits per heavy atom. The monoisotopic (exact) mass is 1810 g/mol. The van der Waals surface area contributed by atoms with Crippen LogP contribution in [0.25, 0.3) is 0 Å². The Morgan fingerprint density at radius 3 is 0.542 bits per heavy atom. The van der Waals surface area contributed by atoms with Crippen molar-refractivity contribution in [3.05, 3.63) is 37.1 Å². The van der Waals surface area contributed by atoms with Crippen LogP contribution in [0.2, 0.25) is 17.5 Å². The van der Waals surface area contributed by atoms with Gasteiger partial charge in [0, 0.05) is 515 Å².